The predicted molar refractivity (Wildman–Crippen MR) is 84.9 cm³/mol. The van der Waals surface area contributed by atoms with Gasteiger partial charge in [-0.2, -0.15) is 0 Å². The summed E-state index contributed by atoms with van der Waals surface area (Å²) in [5.74, 6) is -2.13. The van der Waals surface area contributed by atoms with Gasteiger partial charge in [-0.3, -0.25) is 4.79 Å². The van der Waals surface area contributed by atoms with E-state index in [9.17, 15) is 13.6 Å². The number of likely N-dealkylation sites (tertiary alicyclic amines) is 1. The number of pyridine rings is 1. The van der Waals surface area contributed by atoms with Crippen molar-refractivity contribution in [3.63, 3.8) is 0 Å². The molecule has 126 valence electrons. The predicted octanol–water partition coefficient (Wildman–Crippen LogP) is 3.21. The number of alkyl halides is 2. The maximum atomic E-state index is 13.2. The molecule has 3 rings (SSSR count). The number of aromatic nitrogens is 1. The van der Waals surface area contributed by atoms with Crippen LogP contribution in [-0.4, -0.2) is 47.9 Å². The molecule has 0 aliphatic carbocycles. The third-order valence-electron chi connectivity index (χ3n) is 4.62. The molecule has 2 fully saturated rings. The van der Waals surface area contributed by atoms with E-state index < -0.39 is 5.92 Å². The molecule has 1 amide bonds. The van der Waals surface area contributed by atoms with Gasteiger partial charge in [-0.1, -0.05) is 11.6 Å². The van der Waals surface area contributed by atoms with Gasteiger partial charge in [0.1, 0.15) is 5.82 Å². The molecule has 1 unspecified atom stereocenters. The lowest BCUT2D eigenvalue weighted by Crippen LogP contribution is -2.49. The standard InChI is InChI=1S/C16H20ClF2N3O/c17-13-4-1-7-20-14(13)22-8-2-3-12(11-22)15(23)21-9-5-16(18,19)6-10-21/h1,4,7,12H,2-3,5-6,8-11H2. The van der Waals surface area contributed by atoms with E-state index in [0.717, 1.165) is 19.4 Å². The van der Waals surface area contributed by atoms with E-state index in [2.05, 4.69) is 4.98 Å². The number of hydrogen-bond donors (Lipinski definition) is 0. The molecule has 0 saturated carbocycles. The molecule has 7 heteroatoms. The van der Waals surface area contributed by atoms with Crippen LogP contribution in [0.15, 0.2) is 18.3 Å². The number of carbonyl (C=O) groups is 1. The van der Waals surface area contributed by atoms with Crippen molar-refractivity contribution in [1.82, 2.24) is 9.88 Å². The highest BCUT2D eigenvalue weighted by Crippen LogP contribution is 2.31. The summed E-state index contributed by atoms with van der Waals surface area (Å²) in [5.41, 5.74) is 0. The number of anilines is 1. The van der Waals surface area contributed by atoms with Gasteiger partial charge in [0.25, 0.3) is 5.92 Å². The van der Waals surface area contributed by atoms with Crippen molar-refractivity contribution in [2.24, 2.45) is 5.92 Å². The van der Waals surface area contributed by atoms with Crippen LogP contribution < -0.4 is 4.90 Å². The Labute approximate surface area is 139 Å². The quantitative estimate of drug-likeness (QED) is 0.827. The monoisotopic (exact) mass is 343 g/mol. The summed E-state index contributed by atoms with van der Waals surface area (Å²) < 4.78 is 26.5. The van der Waals surface area contributed by atoms with E-state index in [-0.39, 0.29) is 37.8 Å². The van der Waals surface area contributed by atoms with Crippen molar-refractivity contribution in [2.45, 2.75) is 31.6 Å². The highest BCUT2D eigenvalue weighted by Gasteiger charge is 2.38. The van der Waals surface area contributed by atoms with Crippen LogP contribution >= 0.6 is 11.6 Å². The first-order valence-corrected chi connectivity index (χ1v) is 8.36. The molecule has 1 aromatic heterocycles. The minimum atomic E-state index is -2.63. The Morgan fingerprint density at radius 2 is 2.04 bits per heavy atom. The van der Waals surface area contributed by atoms with Gasteiger partial charge in [-0.25, -0.2) is 13.8 Å². The highest BCUT2D eigenvalue weighted by molar-refractivity contribution is 6.32. The number of rotatable bonds is 2. The number of nitrogens with zero attached hydrogens (tertiary/aromatic N) is 3. The van der Waals surface area contributed by atoms with Gasteiger partial charge in [0, 0.05) is 45.2 Å². The van der Waals surface area contributed by atoms with E-state index in [0.29, 0.717) is 17.4 Å². The lowest BCUT2D eigenvalue weighted by atomic mass is 9.95. The molecule has 2 aliphatic heterocycles. The van der Waals surface area contributed by atoms with Gasteiger partial charge in [0.05, 0.1) is 10.9 Å². The molecule has 1 atom stereocenters. The molecule has 4 nitrogen and oxygen atoms in total. The summed E-state index contributed by atoms with van der Waals surface area (Å²) in [4.78, 5) is 20.5. The normalized spacial score (nSPS) is 24.6. The number of piperidine rings is 2. The smallest absolute Gasteiger partial charge is 0.251 e. The first kappa shape index (κ1) is 16.4. The molecule has 1 aromatic rings. The molecule has 0 aromatic carbocycles. The van der Waals surface area contributed by atoms with Gasteiger partial charge in [-0.15, -0.1) is 0 Å². The maximum Gasteiger partial charge on any atom is 0.251 e. The molecule has 0 bridgehead atoms. The van der Waals surface area contributed by atoms with Crippen LogP contribution in [0.1, 0.15) is 25.7 Å². The Kier molecular flexibility index (Phi) is 4.71. The van der Waals surface area contributed by atoms with Gasteiger partial charge in [-0.05, 0) is 25.0 Å². The minimum Gasteiger partial charge on any atom is -0.355 e. The third kappa shape index (κ3) is 3.74. The number of carbonyl (C=O) groups excluding carboxylic acids is 1. The van der Waals surface area contributed by atoms with Crippen molar-refractivity contribution >= 4 is 23.3 Å². The molecular weight excluding hydrogens is 324 g/mol. The molecule has 2 saturated heterocycles. The van der Waals surface area contributed by atoms with E-state index in [1.807, 2.05) is 4.90 Å². The summed E-state index contributed by atoms with van der Waals surface area (Å²) in [6.07, 6.45) is 2.86. The molecule has 2 aliphatic rings. The maximum absolute atomic E-state index is 13.2. The molecule has 0 radical (unpaired) electrons. The average Bonchev–Trinajstić information content (AvgIpc) is 2.55. The average molecular weight is 344 g/mol. The Hall–Kier alpha value is -1.43. The Morgan fingerprint density at radius 3 is 2.74 bits per heavy atom. The lowest BCUT2D eigenvalue weighted by Gasteiger charge is -2.38. The topological polar surface area (TPSA) is 36.4 Å². The van der Waals surface area contributed by atoms with Crippen LogP contribution in [-0.2, 0) is 4.79 Å². The zero-order valence-corrected chi connectivity index (χ0v) is 13.6. The molecule has 0 spiro atoms. The van der Waals surface area contributed by atoms with Crippen LogP contribution in [0.2, 0.25) is 5.02 Å². The zero-order chi connectivity index (χ0) is 16.4. The fourth-order valence-corrected chi connectivity index (χ4v) is 3.53. The van der Waals surface area contributed by atoms with Gasteiger partial charge >= 0.3 is 0 Å². The van der Waals surface area contributed by atoms with Crippen molar-refractivity contribution in [2.75, 3.05) is 31.1 Å². The fourth-order valence-electron chi connectivity index (χ4n) is 3.29. The van der Waals surface area contributed by atoms with Gasteiger partial charge in [0.2, 0.25) is 5.91 Å². The summed E-state index contributed by atoms with van der Waals surface area (Å²) in [5, 5.41) is 0.568. The highest BCUT2D eigenvalue weighted by atomic mass is 35.5. The molecule has 23 heavy (non-hydrogen) atoms. The molecule has 0 N–H and O–H groups in total. The summed E-state index contributed by atoms with van der Waals surface area (Å²) in [6, 6.07) is 3.55. The Balaban J connectivity index is 1.65. The van der Waals surface area contributed by atoms with Gasteiger partial charge in [0.15, 0.2) is 0 Å². The summed E-state index contributed by atoms with van der Waals surface area (Å²) in [6.45, 7) is 1.64. The van der Waals surface area contributed by atoms with E-state index in [4.69, 9.17) is 11.6 Å². The van der Waals surface area contributed by atoms with Crippen molar-refractivity contribution < 1.29 is 13.6 Å². The van der Waals surface area contributed by atoms with Crippen molar-refractivity contribution in [1.29, 1.82) is 0 Å². The number of hydrogen-bond acceptors (Lipinski definition) is 3. The van der Waals surface area contributed by atoms with E-state index in [1.54, 1.807) is 23.2 Å². The largest absolute Gasteiger partial charge is 0.355 e. The number of halogens is 3. The first-order valence-electron chi connectivity index (χ1n) is 7.98. The fraction of sp³-hybridized carbons (Fsp3) is 0.625. The molecule has 3 heterocycles. The lowest BCUT2D eigenvalue weighted by molar-refractivity contribution is -0.141. The van der Waals surface area contributed by atoms with Crippen molar-refractivity contribution in [3.8, 4) is 0 Å². The van der Waals surface area contributed by atoms with Crippen LogP contribution in [0.5, 0.6) is 0 Å². The summed E-state index contributed by atoms with van der Waals surface area (Å²) in [7, 11) is 0. The Morgan fingerprint density at radius 1 is 1.30 bits per heavy atom. The number of amides is 1. The van der Waals surface area contributed by atoms with E-state index in [1.165, 1.54) is 0 Å². The minimum absolute atomic E-state index is 0.0164. The van der Waals surface area contributed by atoms with Crippen LogP contribution in [0.3, 0.4) is 0 Å². The van der Waals surface area contributed by atoms with Gasteiger partial charge < -0.3 is 9.80 Å². The molecular formula is C16H20ClF2N3O. The zero-order valence-electron chi connectivity index (χ0n) is 12.9. The van der Waals surface area contributed by atoms with Crippen LogP contribution in [0, 0.1) is 5.92 Å². The van der Waals surface area contributed by atoms with E-state index >= 15 is 0 Å². The third-order valence-corrected chi connectivity index (χ3v) is 4.91. The Bertz CT molecular complexity index is 574. The van der Waals surface area contributed by atoms with Crippen LogP contribution in [0.25, 0.3) is 0 Å². The second-order valence-corrected chi connectivity index (χ2v) is 6.68. The second kappa shape index (κ2) is 6.59. The summed E-state index contributed by atoms with van der Waals surface area (Å²) >= 11 is 6.18. The SMILES string of the molecule is O=C(C1CCCN(c2ncccc2Cl)C1)N1CCC(F)(F)CC1. The first-order chi connectivity index (χ1) is 11.0. The second-order valence-electron chi connectivity index (χ2n) is 6.28. The van der Waals surface area contributed by atoms with Crippen molar-refractivity contribution in [3.05, 3.63) is 23.4 Å². The van der Waals surface area contributed by atoms with Crippen LogP contribution in [0.4, 0.5) is 14.6 Å².